The van der Waals surface area contributed by atoms with Gasteiger partial charge in [-0.25, -0.2) is 13.4 Å². The number of alkyl halides is 1. The van der Waals surface area contributed by atoms with Crippen molar-refractivity contribution in [3.63, 3.8) is 0 Å². The summed E-state index contributed by atoms with van der Waals surface area (Å²) >= 11 is 5.75. The smallest absolute Gasteiger partial charge is 0.262 e. The Bertz CT molecular complexity index is 483. The monoisotopic (exact) mass is 307 g/mol. The summed E-state index contributed by atoms with van der Waals surface area (Å²) in [5.74, 6) is 0.282. The molecule has 1 rings (SSSR count). The zero-order valence-corrected chi connectivity index (χ0v) is 13.3. The van der Waals surface area contributed by atoms with Crippen LogP contribution in [0, 0.1) is 0 Å². The van der Waals surface area contributed by atoms with Gasteiger partial charge >= 0.3 is 0 Å². The molecule has 0 aliphatic rings. The van der Waals surface area contributed by atoms with E-state index in [2.05, 4.69) is 4.98 Å². The Kier molecular flexibility index (Phi) is 6.29. The van der Waals surface area contributed by atoms with Crippen LogP contribution in [0.3, 0.4) is 0 Å². The Balaban J connectivity index is 3.11. The van der Waals surface area contributed by atoms with Gasteiger partial charge in [0.2, 0.25) is 0 Å². The van der Waals surface area contributed by atoms with Crippen LogP contribution in [0.2, 0.25) is 0 Å². The molecule has 0 aliphatic carbocycles. The predicted octanol–water partition coefficient (Wildman–Crippen LogP) is 2.32. The van der Waals surface area contributed by atoms with E-state index in [9.17, 15) is 8.42 Å². The molecule has 0 bridgehead atoms. The number of sulfonamides is 1. The van der Waals surface area contributed by atoms with Gasteiger partial charge in [0.1, 0.15) is 0 Å². The first kappa shape index (κ1) is 16.5. The van der Waals surface area contributed by atoms with Crippen LogP contribution in [0.1, 0.15) is 33.6 Å². The van der Waals surface area contributed by atoms with Crippen molar-refractivity contribution in [2.45, 2.75) is 51.2 Å². The summed E-state index contributed by atoms with van der Waals surface area (Å²) in [6, 6.07) is -0.0319. The van der Waals surface area contributed by atoms with Gasteiger partial charge in [-0.3, -0.25) is 0 Å². The summed E-state index contributed by atoms with van der Waals surface area (Å²) in [4.78, 5) is 4.00. The van der Waals surface area contributed by atoms with E-state index in [1.54, 1.807) is 17.1 Å². The average molecular weight is 308 g/mol. The van der Waals surface area contributed by atoms with Crippen LogP contribution >= 0.6 is 11.6 Å². The largest absolute Gasteiger partial charge is 0.336 e. The first-order valence-corrected chi connectivity index (χ1v) is 8.58. The predicted molar refractivity (Wildman–Crippen MR) is 76.9 cm³/mol. The molecule has 0 aliphatic heterocycles. The van der Waals surface area contributed by atoms with E-state index in [-0.39, 0.29) is 16.9 Å². The molecule has 1 heterocycles. The van der Waals surface area contributed by atoms with Gasteiger partial charge in [0.25, 0.3) is 10.0 Å². The first-order valence-electron chi connectivity index (χ1n) is 6.60. The normalized spacial score (nSPS) is 12.5. The Morgan fingerprint density at radius 2 is 2.00 bits per heavy atom. The lowest BCUT2D eigenvalue weighted by Crippen LogP contribution is -2.41. The summed E-state index contributed by atoms with van der Waals surface area (Å²) in [5.41, 5.74) is 0. The second kappa shape index (κ2) is 7.26. The number of halogens is 1. The van der Waals surface area contributed by atoms with Crippen molar-refractivity contribution in [3.05, 3.63) is 12.5 Å². The lowest BCUT2D eigenvalue weighted by molar-refractivity contribution is 0.315. The van der Waals surface area contributed by atoms with E-state index in [1.165, 1.54) is 4.31 Å². The van der Waals surface area contributed by atoms with Gasteiger partial charge in [-0.1, -0.05) is 13.8 Å². The molecule has 110 valence electrons. The molecule has 19 heavy (non-hydrogen) atoms. The van der Waals surface area contributed by atoms with E-state index in [0.717, 1.165) is 12.8 Å². The van der Waals surface area contributed by atoms with Crippen LogP contribution < -0.4 is 0 Å². The topological polar surface area (TPSA) is 55.2 Å². The van der Waals surface area contributed by atoms with Crippen LogP contribution in [0.15, 0.2) is 17.6 Å². The van der Waals surface area contributed by atoms with Crippen molar-refractivity contribution in [3.8, 4) is 0 Å². The quantitative estimate of drug-likeness (QED) is 0.693. The zero-order chi connectivity index (χ0) is 14.5. The van der Waals surface area contributed by atoms with Gasteiger partial charge in [-0.15, -0.1) is 11.6 Å². The SMILES string of the molecule is CCC(CC)N(CCCl)S(=O)(=O)c1cn(CC)cn1. The molecule has 0 fully saturated rings. The van der Waals surface area contributed by atoms with Gasteiger partial charge in [-0.2, -0.15) is 4.31 Å². The lowest BCUT2D eigenvalue weighted by Gasteiger charge is -2.28. The zero-order valence-electron chi connectivity index (χ0n) is 11.7. The maximum Gasteiger partial charge on any atom is 0.262 e. The molecular formula is C12H22ClN3O2S. The summed E-state index contributed by atoms with van der Waals surface area (Å²) in [5, 5.41) is 0.103. The molecule has 0 N–H and O–H groups in total. The summed E-state index contributed by atoms with van der Waals surface area (Å²) in [7, 11) is -3.56. The minimum atomic E-state index is -3.56. The van der Waals surface area contributed by atoms with Crippen molar-refractivity contribution in [2.24, 2.45) is 0 Å². The van der Waals surface area contributed by atoms with Crippen LogP contribution in [-0.4, -0.2) is 40.7 Å². The van der Waals surface area contributed by atoms with Gasteiger partial charge in [0, 0.05) is 31.2 Å². The standard InChI is InChI=1S/C12H22ClN3O2S/c1-4-11(5-2)16(8-7-13)19(17,18)12-9-15(6-3)10-14-12/h9-11H,4-8H2,1-3H3. The number of nitrogens with zero attached hydrogens (tertiary/aromatic N) is 3. The minimum absolute atomic E-state index is 0.0319. The fourth-order valence-electron chi connectivity index (χ4n) is 2.04. The number of aryl methyl sites for hydroxylation is 1. The highest BCUT2D eigenvalue weighted by atomic mass is 35.5. The Labute approximate surface area is 120 Å². The third-order valence-corrected chi connectivity index (χ3v) is 5.21. The number of aromatic nitrogens is 2. The lowest BCUT2D eigenvalue weighted by atomic mass is 10.2. The van der Waals surface area contributed by atoms with Crippen molar-refractivity contribution in [1.82, 2.24) is 13.9 Å². The van der Waals surface area contributed by atoms with E-state index in [4.69, 9.17) is 11.6 Å². The molecule has 0 unspecified atom stereocenters. The molecule has 7 heteroatoms. The Morgan fingerprint density at radius 3 is 2.42 bits per heavy atom. The van der Waals surface area contributed by atoms with E-state index in [0.29, 0.717) is 13.1 Å². The number of hydrogen-bond acceptors (Lipinski definition) is 3. The highest BCUT2D eigenvalue weighted by Gasteiger charge is 2.30. The molecule has 0 radical (unpaired) electrons. The maximum atomic E-state index is 12.6. The van der Waals surface area contributed by atoms with E-state index in [1.807, 2.05) is 20.8 Å². The molecule has 1 aromatic heterocycles. The minimum Gasteiger partial charge on any atom is -0.336 e. The average Bonchev–Trinajstić information content (AvgIpc) is 2.88. The van der Waals surface area contributed by atoms with Gasteiger partial charge in [0.05, 0.1) is 6.33 Å². The molecule has 5 nitrogen and oxygen atoms in total. The van der Waals surface area contributed by atoms with Gasteiger partial charge in [-0.05, 0) is 19.8 Å². The molecule has 0 atom stereocenters. The molecule has 1 aromatic rings. The van der Waals surface area contributed by atoms with E-state index < -0.39 is 10.0 Å². The Morgan fingerprint density at radius 1 is 1.37 bits per heavy atom. The summed E-state index contributed by atoms with van der Waals surface area (Å²) in [6.07, 6.45) is 4.64. The van der Waals surface area contributed by atoms with Gasteiger partial charge in [0.15, 0.2) is 5.03 Å². The first-order chi connectivity index (χ1) is 9.01. The molecular weight excluding hydrogens is 286 g/mol. The van der Waals surface area contributed by atoms with Crippen molar-refractivity contribution < 1.29 is 8.42 Å². The fourth-order valence-corrected chi connectivity index (χ4v) is 4.04. The summed E-state index contributed by atoms with van der Waals surface area (Å²) < 4.78 is 28.4. The highest BCUT2D eigenvalue weighted by Crippen LogP contribution is 2.20. The van der Waals surface area contributed by atoms with Crippen molar-refractivity contribution in [1.29, 1.82) is 0 Å². The van der Waals surface area contributed by atoms with Crippen molar-refractivity contribution >= 4 is 21.6 Å². The molecule has 0 aromatic carbocycles. The Hall–Kier alpha value is -0.590. The number of rotatable bonds is 8. The maximum absolute atomic E-state index is 12.6. The molecule has 0 amide bonds. The third-order valence-electron chi connectivity index (χ3n) is 3.20. The molecule has 0 spiro atoms. The van der Waals surface area contributed by atoms with E-state index >= 15 is 0 Å². The third kappa shape index (κ3) is 3.70. The van der Waals surface area contributed by atoms with Crippen LogP contribution in [0.5, 0.6) is 0 Å². The van der Waals surface area contributed by atoms with Crippen molar-refractivity contribution in [2.75, 3.05) is 12.4 Å². The second-order valence-corrected chi connectivity index (χ2v) is 6.53. The van der Waals surface area contributed by atoms with Gasteiger partial charge < -0.3 is 4.57 Å². The number of hydrogen-bond donors (Lipinski definition) is 0. The fraction of sp³-hybridized carbons (Fsp3) is 0.750. The second-order valence-electron chi connectivity index (χ2n) is 4.32. The highest BCUT2D eigenvalue weighted by molar-refractivity contribution is 7.89. The van der Waals surface area contributed by atoms with Crippen LogP contribution in [0.4, 0.5) is 0 Å². The number of imidazole rings is 1. The molecule has 0 saturated carbocycles. The summed E-state index contributed by atoms with van der Waals surface area (Å²) in [6.45, 7) is 6.92. The van der Waals surface area contributed by atoms with Crippen LogP contribution in [-0.2, 0) is 16.6 Å². The van der Waals surface area contributed by atoms with Crippen LogP contribution in [0.25, 0.3) is 0 Å². The molecule has 0 saturated heterocycles.